The second kappa shape index (κ2) is 7.31. The van der Waals surface area contributed by atoms with Crippen molar-refractivity contribution in [3.63, 3.8) is 0 Å². The number of aromatic nitrogens is 2. The zero-order chi connectivity index (χ0) is 17.2. The summed E-state index contributed by atoms with van der Waals surface area (Å²) in [5, 5.41) is 4.66. The number of fused-ring (bicyclic) bond motifs is 1. The summed E-state index contributed by atoms with van der Waals surface area (Å²) in [5.41, 5.74) is 0.850. The Bertz CT molecular complexity index is 940. The summed E-state index contributed by atoms with van der Waals surface area (Å²) in [6, 6.07) is 3.99. The van der Waals surface area contributed by atoms with Crippen molar-refractivity contribution in [2.24, 2.45) is 0 Å². The van der Waals surface area contributed by atoms with Crippen molar-refractivity contribution in [1.29, 1.82) is 0 Å². The zero-order valence-electron chi connectivity index (χ0n) is 13.5. The fraction of sp³-hybridized carbons (Fsp3) is 0.353. The summed E-state index contributed by atoms with van der Waals surface area (Å²) in [7, 11) is 0. The average Bonchev–Trinajstić information content (AvgIpc) is 3.35. The van der Waals surface area contributed by atoms with Crippen molar-refractivity contribution in [1.82, 2.24) is 14.9 Å². The highest BCUT2D eigenvalue weighted by Crippen LogP contribution is 2.33. The highest BCUT2D eigenvalue weighted by atomic mass is 32.2. The van der Waals surface area contributed by atoms with E-state index in [0.29, 0.717) is 22.7 Å². The molecular weight excluding hydrogens is 374 g/mol. The molecule has 1 saturated heterocycles. The molecule has 8 heteroatoms. The highest BCUT2D eigenvalue weighted by Gasteiger charge is 2.18. The van der Waals surface area contributed by atoms with Crippen LogP contribution in [0.25, 0.3) is 20.7 Å². The molecular formula is C17H17N3O2S3. The van der Waals surface area contributed by atoms with Crippen LogP contribution in [0.1, 0.15) is 18.7 Å². The lowest BCUT2D eigenvalue weighted by Gasteiger charge is -2.14. The number of carbonyl (C=O) groups is 1. The summed E-state index contributed by atoms with van der Waals surface area (Å²) in [6.45, 7) is 1.75. The minimum absolute atomic E-state index is 0.101. The van der Waals surface area contributed by atoms with E-state index >= 15 is 0 Å². The van der Waals surface area contributed by atoms with E-state index in [0.717, 1.165) is 41.2 Å². The molecule has 3 aromatic heterocycles. The monoisotopic (exact) mass is 391 g/mol. The van der Waals surface area contributed by atoms with Gasteiger partial charge in [-0.1, -0.05) is 6.07 Å². The Balaban J connectivity index is 1.48. The normalized spacial score (nSPS) is 14.5. The third-order valence-corrected chi connectivity index (χ3v) is 6.91. The molecule has 3 aromatic rings. The molecule has 0 unspecified atom stereocenters. The van der Waals surface area contributed by atoms with Crippen molar-refractivity contribution in [3.05, 3.63) is 39.1 Å². The van der Waals surface area contributed by atoms with Crippen LogP contribution in [0.4, 0.5) is 0 Å². The molecule has 0 spiro atoms. The largest absolute Gasteiger partial charge is 0.342 e. The Morgan fingerprint density at radius 1 is 1.32 bits per heavy atom. The molecule has 0 bridgehead atoms. The SMILES string of the molecule is O=C(CSCc1nc2scc(-c3cccs3)c2c(=O)[nH]1)N1CCCC1. The minimum Gasteiger partial charge on any atom is -0.342 e. The number of H-pyrrole nitrogens is 1. The van der Waals surface area contributed by atoms with E-state index < -0.39 is 0 Å². The molecule has 130 valence electrons. The molecule has 4 rings (SSSR count). The number of likely N-dealkylation sites (tertiary alicyclic amines) is 1. The number of thioether (sulfide) groups is 1. The quantitative estimate of drug-likeness (QED) is 0.722. The van der Waals surface area contributed by atoms with E-state index in [1.807, 2.05) is 27.8 Å². The maximum atomic E-state index is 12.5. The van der Waals surface area contributed by atoms with Crippen LogP contribution in [-0.4, -0.2) is 39.6 Å². The topological polar surface area (TPSA) is 66.1 Å². The van der Waals surface area contributed by atoms with Gasteiger partial charge in [0.1, 0.15) is 10.7 Å². The van der Waals surface area contributed by atoms with E-state index in [9.17, 15) is 9.59 Å². The van der Waals surface area contributed by atoms with Crippen LogP contribution >= 0.6 is 34.4 Å². The molecule has 0 atom stereocenters. The van der Waals surface area contributed by atoms with Crippen molar-refractivity contribution in [2.75, 3.05) is 18.8 Å². The van der Waals surface area contributed by atoms with E-state index in [4.69, 9.17) is 0 Å². The minimum atomic E-state index is -0.101. The highest BCUT2D eigenvalue weighted by molar-refractivity contribution is 7.99. The van der Waals surface area contributed by atoms with Crippen LogP contribution in [0.2, 0.25) is 0 Å². The van der Waals surface area contributed by atoms with Gasteiger partial charge in [-0.05, 0) is 24.3 Å². The maximum absolute atomic E-state index is 12.5. The van der Waals surface area contributed by atoms with Gasteiger partial charge < -0.3 is 9.88 Å². The number of hydrogen-bond donors (Lipinski definition) is 1. The smallest absolute Gasteiger partial charge is 0.260 e. The lowest BCUT2D eigenvalue weighted by atomic mass is 10.2. The molecule has 0 radical (unpaired) electrons. The van der Waals surface area contributed by atoms with Crippen LogP contribution in [0, 0.1) is 0 Å². The standard InChI is InChI=1S/C17H17N3O2S3/c21-14(20-5-1-2-6-20)10-23-9-13-18-16(22)15-11(8-25-17(15)19-13)12-4-3-7-24-12/h3-4,7-8H,1-2,5-6,9-10H2,(H,18,19,22). The zero-order valence-corrected chi connectivity index (χ0v) is 15.9. The second-order valence-electron chi connectivity index (χ2n) is 5.90. The second-order valence-corrected chi connectivity index (χ2v) is 8.69. The van der Waals surface area contributed by atoms with Gasteiger partial charge in [0.05, 0.1) is 16.9 Å². The third kappa shape index (κ3) is 3.51. The number of hydrogen-bond acceptors (Lipinski definition) is 6. The van der Waals surface area contributed by atoms with Crippen LogP contribution in [-0.2, 0) is 10.5 Å². The average molecular weight is 392 g/mol. The number of thiophene rings is 2. The number of rotatable bonds is 5. The molecule has 0 saturated carbocycles. The Morgan fingerprint density at radius 2 is 2.16 bits per heavy atom. The molecule has 5 nitrogen and oxygen atoms in total. The van der Waals surface area contributed by atoms with Crippen molar-refractivity contribution in [3.8, 4) is 10.4 Å². The van der Waals surface area contributed by atoms with E-state index in [-0.39, 0.29) is 11.5 Å². The first kappa shape index (κ1) is 16.8. The molecule has 1 amide bonds. The molecule has 1 N–H and O–H groups in total. The van der Waals surface area contributed by atoms with Crippen LogP contribution < -0.4 is 5.56 Å². The van der Waals surface area contributed by atoms with Crippen molar-refractivity contribution < 1.29 is 4.79 Å². The third-order valence-electron chi connectivity index (χ3n) is 4.20. The fourth-order valence-corrected chi connectivity index (χ4v) is 5.54. The molecule has 1 aliphatic heterocycles. The fourth-order valence-electron chi connectivity index (χ4n) is 2.97. The lowest BCUT2D eigenvalue weighted by Crippen LogP contribution is -2.29. The van der Waals surface area contributed by atoms with Gasteiger partial charge in [0.25, 0.3) is 5.56 Å². The summed E-state index contributed by atoms with van der Waals surface area (Å²) < 4.78 is 0. The predicted molar refractivity (Wildman–Crippen MR) is 106 cm³/mol. The molecule has 0 aromatic carbocycles. The Kier molecular flexibility index (Phi) is 4.91. The van der Waals surface area contributed by atoms with Gasteiger partial charge in [-0.3, -0.25) is 9.59 Å². The Labute approximate surface area is 157 Å². The van der Waals surface area contributed by atoms with Crippen LogP contribution in [0.5, 0.6) is 0 Å². The van der Waals surface area contributed by atoms with Gasteiger partial charge in [-0.15, -0.1) is 34.4 Å². The molecule has 1 aliphatic rings. The molecule has 1 fully saturated rings. The van der Waals surface area contributed by atoms with Crippen molar-refractivity contribution >= 4 is 50.6 Å². The van der Waals surface area contributed by atoms with Gasteiger partial charge in [0.15, 0.2) is 0 Å². The molecule has 25 heavy (non-hydrogen) atoms. The van der Waals surface area contributed by atoms with E-state index in [1.165, 1.54) is 23.1 Å². The summed E-state index contributed by atoms with van der Waals surface area (Å²) >= 11 is 4.62. The number of aromatic amines is 1. The van der Waals surface area contributed by atoms with E-state index in [1.54, 1.807) is 11.3 Å². The first-order valence-electron chi connectivity index (χ1n) is 8.12. The van der Waals surface area contributed by atoms with Gasteiger partial charge in [0, 0.05) is 28.9 Å². The van der Waals surface area contributed by atoms with Crippen molar-refractivity contribution in [2.45, 2.75) is 18.6 Å². The number of carbonyl (C=O) groups excluding carboxylic acids is 1. The van der Waals surface area contributed by atoms with Crippen LogP contribution in [0.3, 0.4) is 0 Å². The van der Waals surface area contributed by atoms with Gasteiger partial charge in [0.2, 0.25) is 5.91 Å². The number of amides is 1. The van der Waals surface area contributed by atoms with Crippen LogP contribution in [0.15, 0.2) is 27.7 Å². The number of nitrogens with one attached hydrogen (secondary N) is 1. The predicted octanol–water partition coefficient (Wildman–Crippen LogP) is 3.57. The van der Waals surface area contributed by atoms with Gasteiger partial charge in [-0.2, -0.15) is 0 Å². The lowest BCUT2D eigenvalue weighted by molar-refractivity contribution is -0.127. The Hall–Kier alpha value is -1.64. The molecule has 4 heterocycles. The van der Waals surface area contributed by atoms with E-state index in [2.05, 4.69) is 9.97 Å². The van der Waals surface area contributed by atoms with Gasteiger partial charge in [-0.25, -0.2) is 4.98 Å². The first-order chi connectivity index (χ1) is 12.2. The Morgan fingerprint density at radius 3 is 2.92 bits per heavy atom. The summed E-state index contributed by atoms with van der Waals surface area (Å²) in [5.74, 6) is 1.79. The molecule has 0 aliphatic carbocycles. The first-order valence-corrected chi connectivity index (χ1v) is 11.0. The summed E-state index contributed by atoms with van der Waals surface area (Å²) in [4.78, 5) is 35.8. The maximum Gasteiger partial charge on any atom is 0.260 e. The summed E-state index contributed by atoms with van der Waals surface area (Å²) in [6.07, 6.45) is 2.21. The number of nitrogens with zero attached hydrogens (tertiary/aromatic N) is 2. The van der Waals surface area contributed by atoms with Gasteiger partial charge >= 0.3 is 0 Å².